The molecule has 13 heteroatoms. The summed E-state index contributed by atoms with van der Waals surface area (Å²) in [4.78, 5) is 15.6. The van der Waals surface area contributed by atoms with Gasteiger partial charge in [0.05, 0.1) is 24.5 Å². The van der Waals surface area contributed by atoms with Gasteiger partial charge in [0.15, 0.2) is 0 Å². The van der Waals surface area contributed by atoms with Crippen molar-refractivity contribution in [2.75, 3.05) is 24.7 Å². The van der Waals surface area contributed by atoms with E-state index in [0.717, 1.165) is 49.0 Å². The molecular weight excluding hydrogens is 656 g/mol. The molecule has 2 aliphatic rings. The lowest BCUT2D eigenvalue weighted by Crippen LogP contribution is -2.42. The zero-order valence-corrected chi connectivity index (χ0v) is 29.8. The Morgan fingerprint density at radius 3 is 2.54 bits per heavy atom. The van der Waals surface area contributed by atoms with Gasteiger partial charge in [-0.1, -0.05) is 51.1 Å². The van der Waals surface area contributed by atoms with Gasteiger partial charge in [0.1, 0.15) is 34.7 Å². The predicted octanol–water partition coefficient (Wildman–Crippen LogP) is 7.43. The lowest BCUT2D eigenvalue weighted by Gasteiger charge is -2.33. The Bertz CT molecular complexity index is 1910. The molecule has 1 saturated heterocycles. The lowest BCUT2D eigenvalue weighted by atomic mass is 9.85. The van der Waals surface area contributed by atoms with Gasteiger partial charge in [0.25, 0.3) is 0 Å². The van der Waals surface area contributed by atoms with Crippen LogP contribution in [0.5, 0.6) is 5.75 Å². The molecule has 0 radical (unpaired) electrons. The number of aromatic nitrogens is 3. The highest BCUT2D eigenvalue weighted by Gasteiger charge is 2.30. The van der Waals surface area contributed by atoms with Crippen molar-refractivity contribution in [2.24, 2.45) is 0 Å². The predicted molar refractivity (Wildman–Crippen MR) is 193 cm³/mol. The summed E-state index contributed by atoms with van der Waals surface area (Å²) in [5.74, 6) is 0.741. The topological polar surface area (TPSA) is 133 Å². The van der Waals surface area contributed by atoms with Crippen molar-refractivity contribution >= 4 is 29.9 Å². The highest BCUT2D eigenvalue weighted by molar-refractivity contribution is 7.93. The monoisotopic (exact) mass is 700 g/mol. The van der Waals surface area contributed by atoms with Crippen LogP contribution in [-0.2, 0) is 16.2 Å². The van der Waals surface area contributed by atoms with Gasteiger partial charge in [-0.05, 0) is 85.1 Å². The van der Waals surface area contributed by atoms with E-state index < -0.39 is 11.8 Å². The first kappa shape index (κ1) is 35.2. The summed E-state index contributed by atoms with van der Waals surface area (Å²) in [6.07, 6.45) is 7.77. The van der Waals surface area contributed by atoms with Crippen LogP contribution in [0.3, 0.4) is 0 Å². The molecule has 11 nitrogen and oxygen atoms in total. The minimum atomic E-state index is -0.469. The second-order valence-corrected chi connectivity index (χ2v) is 14.3. The van der Waals surface area contributed by atoms with Gasteiger partial charge in [-0.25, -0.2) is 13.9 Å². The number of hydrogen-bond acceptors (Lipinski definition) is 7. The number of carbonyl (C=O) groups excluding carboxylic acids is 1. The highest BCUT2D eigenvalue weighted by Crippen LogP contribution is 2.39. The zero-order valence-electron chi connectivity index (χ0n) is 29.0. The molecule has 0 spiro atoms. The molecule has 264 valence electrons. The van der Waals surface area contributed by atoms with E-state index in [4.69, 9.17) is 24.8 Å². The maximum atomic E-state index is 15.2. The third-order valence-electron chi connectivity index (χ3n) is 9.13. The van der Waals surface area contributed by atoms with Crippen LogP contribution in [0.4, 0.5) is 15.0 Å². The van der Waals surface area contributed by atoms with Crippen molar-refractivity contribution in [1.82, 2.24) is 24.6 Å². The summed E-state index contributed by atoms with van der Waals surface area (Å²) in [7, 11) is 0. The fourth-order valence-corrected chi connectivity index (χ4v) is 6.69. The van der Waals surface area contributed by atoms with E-state index in [0.29, 0.717) is 36.7 Å². The first-order valence-electron chi connectivity index (χ1n) is 17.0. The molecule has 6 rings (SSSR count). The Morgan fingerprint density at radius 2 is 1.80 bits per heavy atom. The molecule has 4 N–H and O–H groups in total. The maximum Gasteiger partial charge on any atom is 0.320 e. The van der Waals surface area contributed by atoms with Crippen molar-refractivity contribution in [2.45, 2.75) is 77.0 Å². The van der Waals surface area contributed by atoms with Crippen LogP contribution < -0.4 is 20.9 Å². The fourth-order valence-electron chi connectivity index (χ4n) is 6.44. The Labute approximate surface area is 296 Å². The summed E-state index contributed by atoms with van der Waals surface area (Å²) in [5.41, 5.74) is 3.48. The summed E-state index contributed by atoms with van der Waals surface area (Å²) in [6, 6.07) is 17.1. The summed E-state index contributed by atoms with van der Waals surface area (Å²) in [6.45, 7) is 7.96. The second kappa shape index (κ2) is 15.1. The summed E-state index contributed by atoms with van der Waals surface area (Å²) in [5, 5.41) is 28.0. The Hall–Kier alpha value is -4.62. The van der Waals surface area contributed by atoms with Crippen LogP contribution >= 0.6 is 12.0 Å². The molecule has 2 aromatic carbocycles. The third kappa shape index (κ3) is 7.89. The van der Waals surface area contributed by atoms with Crippen molar-refractivity contribution in [1.29, 1.82) is 10.8 Å². The van der Waals surface area contributed by atoms with Crippen molar-refractivity contribution in [3.63, 3.8) is 0 Å². The third-order valence-corrected chi connectivity index (χ3v) is 9.48. The number of carbonyl (C=O) groups is 1. The molecule has 3 heterocycles. The quantitative estimate of drug-likeness (QED) is 0.0859. The number of likely N-dealkylation sites (tertiary alicyclic amines) is 1. The van der Waals surface area contributed by atoms with E-state index in [1.807, 2.05) is 56.2 Å². The Kier molecular flexibility index (Phi) is 10.6. The smallest absolute Gasteiger partial charge is 0.320 e. The van der Waals surface area contributed by atoms with E-state index in [1.165, 1.54) is 22.8 Å². The van der Waals surface area contributed by atoms with Gasteiger partial charge in [0, 0.05) is 30.8 Å². The van der Waals surface area contributed by atoms with Gasteiger partial charge < -0.3 is 19.1 Å². The molecule has 50 heavy (non-hydrogen) atoms. The average molecular weight is 701 g/mol. The highest BCUT2D eigenvalue weighted by atomic mass is 32.2. The van der Waals surface area contributed by atoms with Crippen molar-refractivity contribution < 1.29 is 18.1 Å². The minimum absolute atomic E-state index is 0.215. The Balaban J connectivity index is 1.20. The molecule has 1 fully saturated rings. The normalized spacial score (nSPS) is 17.6. The summed E-state index contributed by atoms with van der Waals surface area (Å²) >= 11 is 1.23. The van der Waals surface area contributed by atoms with Crippen LogP contribution in [-0.4, -0.2) is 50.6 Å². The second-order valence-electron chi connectivity index (χ2n) is 13.7. The van der Waals surface area contributed by atoms with Crippen LogP contribution in [0.25, 0.3) is 5.69 Å². The van der Waals surface area contributed by atoms with Crippen LogP contribution in [0, 0.1) is 16.6 Å². The molecule has 2 aromatic heterocycles. The van der Waals surface area contributed by atoms with Crippen molar-refractivity contribution in [3.05, 3.63) is 101 Å². The number of urea groups is 1. The van der Waals surface area contributed by atoms with Crippen LogP contribution in [0.1, 0.15) is 87.4 Å². The molecule has 4 aromatic rings. The Morgan fingerprint density at radius 1 is 1.04 bits per heavy atom. The van der Waals surface area contributed by atoms with Crippen LogP contribution in [0.2, 0.25) is 0 Å². The van der Waals surface area contributed by atoms with Crippen molar-refractivity contribution in [3.8, 4) is 11.4 Å². The summed E-state index contributed by atoms with van der Waals surface area (Å²) < 4.78 is 30.2. The number of piperidine rings is 1. The number of nitrogens with one attached hydrogen (secondary N) is 4. The van der Waals surface area contributed by atoms with Gasteiger partial charge in [-0.15, -0.1) is 0 Å². The fraction of sp³-hybridized carbons (Fsp3) is 0.405. The van der Waals surface area contributed by atoms with Gasteiger partial charge in [0.2, 0.25) is 5.96 Å². The number of benzene rings is 2. The van der Waals surface area contributed by atoms with E-state index in [-0.39, 0.29) is 34.7 Å². The SMILES string of the molecule is CSOCc1ccc(F)c(-n2nc(C(C)(C)C)cc2NC(=O)N[C@H]2CC[C@@H](Oc3ccc(=N)n(C(=N)N4CCCCC4)c3)c3ccccc32)c1. The first-order valence-corrected chi connectivity index (χ1v) is 18.2. The van der Waals surface area contributed by atoms with E-state index in [2.05, 4.69) is 10.6 Å². The molecule has 0 bridgehead atoms. The minimum Gasteiger partial charge on any atom is -0.484 e. The molecule has 0 unspecified atom stereocenters. The number of rotatable bonds is 8. The number of amides is 2. The standard InChI is InChI=1S/C37H45FN8O3S/c1-37(2,3)32-21-34(46(43-32)30-20-24(23-48-50-4)12-14-28(30)38)42-36(47)41-29-15-16-31(27-11-7-6-10-26(27)29)49-25-13-17-33(39)45(22-25)35(40)44-18-8-5-9-19-44/h6-7,10-14,17,20-22,29,31,39-40H,5,8-9,15-16,18-19,23H2,1-4H3,(H2,41,42,47)/t29-,31+/m0/s1. The molecular formula is C37H45FN8O3S. The number of hydrogen-bond donors (Lipinski definition) is 4. The van der Waals surface area contributed by atoms with E-state index in [9.17, 15) is 4.79 Å². The molecule has 1 aliphatic carbocycles. The van der Waals surface area contributed by atoms with Gasteiger partial charge >= 0.3 is 6.03 Å². The molecule has 1 aliphatic heterocycles. The lowest BCUT2D eigenvalue weighted by molar-refractivity contribution is 0.171. The number of halogens is 1. The molecule has 2 atom stereocenters. The van der Waals surface area contributed by atoms with E-state index in [1.54, 1.807) is 41.1 Å². The molecule has 0 saturated carbocycles. The first-order chi connectivity index (χ1) is 24.0. The zero-order chi connectivity index (χ0) is 35.4. The molecule has 2 amide bonds. The average Bonchev–Trinajstić information content (AvgIpc) is 3.54. The number of ether oxygens (including phenoxy) is 1. The number of anilines is 1. The number of fused-ring (bicyclic) bond motifs is 1. The van der Waals surface area contributed by atoms with Gasteiger partial charge in [-0.3, -0.25) is 20.7 Å². The van der Waals surface area contributed by atoms with E-state index >= 15 is 4.39 Å². The number of pyridine rings is 1. The maximum absolute atomic E-state index is 15.2. The number of nitrogens with zero attached hydrogens (tertiary/aromatic N) is 4. The largest absolute Gasteiger partial charge is 0.484 e. The van der Waals surface area contributed by atoms with Crippen LogP contribution in [0.15, 0.2) is 66.9 Å². The van der Waals surface area contributed by atoms with Gasteiger partial charge in [-0.2, -0.15) is 5.10 Å².